The van der Waals surface area contributed by atoms with Crippen molar-refractivity contribution < 1.29 is 9.32 Å². The molecule has 1 aliphatic rings. The van der Waals surface area contributed by atoms with Gasteiger partial charge >= 0.3 is 0 Å². The molecule has 1 aromatic carbocycles. The van der Waals surface area contributed by atoms with Crippen LogP contribution in [0.1, 0.15) is 22.6 Å². The Hall–Kier alpha value is -2.83. The van der Waals surface area contributed by atoms with E-state index < -0.39 is 0 Å². The minimum absolute atomic E-state index is 0.140. The number of carbonyl (C=O) groups is 1. The molecule has 3 rings (SSSR count). The van der Waals surface area contributed by atoms with Crippen molar-refractivity contribution in [3.05, 3.63) is 46.8 Å². The smallest absolute Gasteiger partial charge is 0.231 e. The maximum absolute atomic E-state index is 12.2. The molecule has 7 heteroatoms. The van der Waals surface area contributed by atoms with Crippen LogP contribution >= 0.6 is 0 Å². The van der Waals surface area contributed by atoms with E-state index in [4.69, 9.17) is 4.52 Å². The molecule has 2 heterocycles. The average molecular weight is 341 g/mol. The molecular formula is C18H23N5O2. The Morgan fingerprint density at radius 1 is 1.32 bits per heavy atom. The maximum Gasteiger partial charge on any atom is 0.231 e. The number of rotatable bonds is 5. The first-order chi connectivity index (χ1) is 12.1. The molecule has 0 unspecified atom stereocenters. The van der Waals surface area contributed by atoms with Gasteiger partial charge in [0.25, 0.3) is 0 Å². The molecule has 0 fully saturated rings. The van der Waals surface area contributed by atoms with Gasteiger partial charge < -0.3 is 20.1 Å². The monoisotopic (exact) mass is 341 g/mol. The summed E-state index contributed by atoms with van der Waals surface area (Å²) < 4.78 is 5.16. The van der Waals surface area contributed by atoms with Crippen LogP contribution in [0.5, 0.6) is 0 Å². The van der Waals surface area contributed by atoms with Crippen LogP contribution in [0.15, 0.2) is 33.8 Å². The van der Waals surface area contributed by atoms with Crippen LogP contribution in [0.3, 0.4) is 0 Å². The molecule has 0 saturated heterocycles. The van der Waals surface area contributed by atoms with E-state index in [2.05, 4.69) is 20.8 Å². The summed E-state index contributed by atoms with van der Waals surface area (Å²) in [4.78, 5) is 18.2. The number of nitrogens with one attached hydrogen (secondary N) is 2. The molecule has 132 valence electrons. The van der Waals surface area contributed by atoms with Crippen molar-refractivity contribution in [2.45, 2.75) is 26.8 Å². The molecule has 2 N–H and O–H groups in total. The fourth-order valence-electron chi connectivity index (χ4n) is 2.99. The number of amides is 1. The molecule has 7 nitrogen and oxygen atoms in total. The topological polar surface area (TPSA) is 82.8 Å². The number of nitrogens with zero attached hydrogens (tertiary/aromatic N) is 3. The van der Waals surface area contributed by atoms with Gasteiger partial charge in [0.15, 0.2) is 5.96 Å². The Kier molecular flexibility index (Phi) is 5.02. The molecule has 1 aliphatic heterocycles. The van der Waals surface area contributed by atoms with Crippen LogP contribution in [0.2, 0.25) is 0 Å². The average Bonchev–Trinajstić information content (AvgIpc) is 3.10. The molecule has 0 bridgehead atoms. The number of aryl methyl sites for hydroxylation is 2. The van der Waals surface area contributed by atoms with Crippen molar-refractivity contribution in [1.82, 2.24) is 15.8 Å². The Labute approximate surface area is 147 Å². The second-order valence-corrected chi connectivity index (χ2v) is 6.01. The lowest BCUT2D eigenvalue weighted by Gasteiger charge is -2.19. The van der Waals surface area contributed by atoms with Crippen LogP contribution in [0, 0.1) is 13.8 Å². The zero-order valence-corrected chi connectivity index (χ0v) is 14.8. The summed E-state index contributed by atoms with van der Waals surface area (Å²) in [6.07, 6.45) is 0.481. The van der Waals surface area contributed by atoms with Gasteiger partial charge in [0.2, 0.25) is 5.91 Å². The van der Waals surface area contributed by atoms with Crippen molar-refractivity contribution in [2.24, 2.45) is 4.99 Å². The molecule has 0 radical (unpaired) electrons. The van der Waals surface area contributed by atoms with Gasteiger partial charge in [-0.2, -0.15) is 0 Å². The Bertz CT molecular complexity index is 777. The number of guanidine groups is 1. The van der Waals surface area contributed by atoms with Crippen LogP contribution in [-0.2, 0) is 17.8 Å². The number of anilines is 1. The second-order valence-electron chi connectivity index (χ2n) is 6.01. The largest absolute Gasteiger partial charge is 0.361 e. The number of aliphatic imine (C=N–C) groups is 1. The summed E-state index contributed by atoms with van der Waals surface area (Å²) in [6, 6.07) is 7.92. The number of benzene rings is 1. The predicted octanol–water partition coefficient (Wildman–Crippen LogP) is 1.55. The van der Waals surface area contributed by atoms with Crippen molar-refractivity contribution in [1.29, 1.82) is 0 Å². The normalized spacial score (nSPS) is 14.0. The molecule has 0 spiro atoms. The van der Waals surface area contributed by atoms with Crippen LogP contribution in [0.25, 0.3) is 0 Å². The highest BCUT2D eigenvalue weighted by Gasteiger charge is 2.26. The van der Waals surface area contributed by atoms with Crippen LogP contribution in [-0.4, -0.2) is 37.2 Å². The first-order valence-corrected chi connectivity index (χ1v) is 8.34. The van der Waals surface area contributed by atoms with Crippen molar-refractivity contribution in [3.8, 4) is 0 Å². The molecule has 1 aromatic heterocycles. The third-order valence-corrected chi connectivity index (χ3v) is 4.39. The highest BCUT2D eigenvalue weighted by molar-refractivity contribution is 6.01. The number of hydrogen-bond acceptors (Lipinski definition) is 4. The molecule has 1 amide bonds. The zero-order valence-electron chi connectivity index (χ0n) is 14.8. The number of hydrogen-bond donors (Lipinski definition) is 2. The minimum atomic E-state index is 0.140. The summed E-state index contributed by atoms with van der Waals surface area (Å²) >= 11 is 0. The highest BCUT2D eigenvalue weighted by Crippen LogP contribution is 2.27. The van der Waals surface area contributed by atoms with E-state index in [1.807, 2.05) is 43.0 Å². The first-order valence-electron chi connectivity index (χ1n) is 8.34. The quantitative estimate of drug-likeness (QED) is 0.637. The van der Waals surface area contributed by atoms with E-state index in [-0.39, 0.29) is 5.91 Å². The summed E-state index contributed by atoms with van der Waals surface area (Å²) in [5.41, 5.74) is 4.01. The van der Waals surface area contributed by atoms with Gasteiger partial charge in [-0.25, -0.2) is 0 Å². The van der Waals surface area contributed by atoms with Gasteiger partial charge in [-0.1, -0.05) is 23.4 Å². The molecule has 0 saturated carbocycles. The lowest BCUT2D eigenvalue weighted by atomic mass is 10.2. The fraction of sp³-hybridized carbons (Fsp3) is 0.389. The number of aromatic nitrogens is 1. The van der Waals surface area contributed by atoms with Gasteiger partial charge in [0, 0.05) is 37.9 Å². The third-order valence-electron chi connectivity index (χ3n) is 4.39. The Morgan fingerprint density at radius 2 is 2.12 bits per heavy atom. The fourth-order valence-corrected chi connectivity index (χ4v) is 2.99. The SMILES string of the molecule is CN=C(NCCN1C(=O)Cc2ccccc21)NCc1c(C)noc1C. The maximum atomic E-state index is 12.2. The van der Waals surface area contributed by atoms with Gasteiger partial charge in [0.1, 0.15) is 5.76 Å². The van der Waals surface area contributed by atoms with Crippen molar-refractivity contribution >= 4 is 17.6 Å². The molecule has 0 atom stereocenters. The van der Waals surface area contributed by atoms with E-state index in [1.54, 1.807) is 7.05 Å². The first kappa shape index (κ1) is 17.0. The van der Waals surface area contributed by atoms with Gasteiger partial charge in [0.05, 0.1) is 12.1 Å². The van der Waals surface area contributed by atoms with E-state index >= 15 is 0 Å². The molecule has 2 aromatic rings. The number of carbonyl (C=O) groups excluding carboxylic acids is 1. The molecular weight excluding hydrogens is 318 g/mol. The number of para-hydroxylation sites is 1. The summed E-state index contributed by atoms with van der Waals surface area (Å²) in [6.45, 7) is 5.61. The van der Waals surface area contributed by atoms with E-state index in [9.17, 15) is 4.79 Å². The Morgan fingerprint density at radius 3 is 2.84 bits per heavy atom. The highest BCUT2D eigenvalue weighted by atomic mass is 16.5. The van der Waals surface area contributed by atoms with E-state index in [1.165, 1.54) is 0 Å². The van der Waals surface area contributed by atoms with Crippen LogP contribution < -0.4 is 15.5 Å². The Balaban J connectivity index is 1.52. The summed E-state index contributed by atoms with van der Waals surface area (Å²) in [7, 11) is 1.72. The van der Waals surface area contributed by atoms with E-state index in [0.717, 1.165) is 28.3 Å². The zero-order chi connectivity index (χ0) is 17.8. The van der Waals surface area contributed by atoms with Gasteiger partial charge in [-0.05, 0) is 25.5 Å². The standard InChI is InChI=1S/C18H23N5O2/c1-12-15(13(2)25-22-12)11-21-18(19-3)20-8-9-23-16-7-5-4-6-14(16)10-17(23)24/h4-7H,8-11H2,1-3H3,(H2,19,20,21). The lowest BCUT2D eigenvalue weighted by molar-refractivity contribution is -0.117. The summed E-state index contributed by atoms with van der Waals surface area (Å²) in [5.74, 6) is 1.63. The predicted molar refractivity (Wildman–Crippen MR) is 96.7 cm³/mol. The van der Waals surface area contributed by atoms with Gasteiger partial charge in [-0.3, -0.25) is 9.79 Å². The number of fused-ring (bicyclic) bond motifs is 1. The summed E-state index contributed by atoms with van der Waals surface area (Å²) in [5, 5.41) is 10.4. The van der Waals surface area contributed by atoms with E-state index in [0.29, 0.717) is 32.0 Å². The second kappa shape index (κ2) is 7.38. The minimum Gasteiger partial charge on any atom is -0.361 e. The van der Waals surface area contributed by atoms with Crippen LogP contribution in [0.4, 0.5) is 5.69 Å². The van der Waals surface area contributed by atoms with Crippen molar-refractivity contribution in [2.75, 3.05) is 25.0 Å². The third kappa shape index (κ3) is 3.65. The lowest BCUT2D eigenvalue weighted by Crippen LogP contribution is -2.42. The molecule has 25 heavy (non-hydrogen) atoms. The molecule has 0 aliphatic carbocycles. The van der Waals surface area contributed by atoms with Crippen molar-refractivity contribution in [3.63, 3.8) is 0 Å². The van der Waals surface area contributed by atoms with Gasteiger partial charge in [-0.15, -0.1) is 0 Å².